The molecule has 0 spiro atoms. The lowest BCUT2D eigenvalue weighted by Gasteiger charge is -2.43. The van der Waals surface area contributed by atoms with Crippen molar-refractivity contribution in [1.29, 1.82) is 0 Å². The Morgan fingerprint density at radius 2 is 1.64 bits per heavy atom. The zero-order chi connectivity index (χ0) is 25.4. The zero-order valence-corrected chi connectivity index (χ0v) is 20.2. The van der Waals surface area contributed by atoms with Crippen LogP contribution in [-0.4, -0.2) is 47.5 Å². The van der Waals surface area contributed by atoms with Crippen molar-refractivity contribution in [2.24, 2.45) is 26.3 Å². The molecule has 0 radical (unpaired) electrons. The minimum Gasteiger partial charge on any atom is -0.493 e. The van der Waals surface area contributed by atoms with Crippen molar-refractivity contribution in [3.05, 3.63) is 61.4 Å². The van der Waals surface area contributed by atoms with Gasteiger partial charge in [0, 0.05) is 28.6 Å². The number of urea groups is 1. The number of nitrogens with one attached hydrogen (secondary N) is 3. The number of nitrogens with zero attached hydrogens (tertiary/aromatic N) is 3. The molecule has 2 unspecified atom stereocenters. The van der Waals surface area contributed by atoms with E-state index in [2.05, 4.69) is 39.1 Å². The fourth-order valence-electron chi connectivity index (χ4n) is 5.69. The Morgan fingerprint density at radius 3 is 2.36 bits per heavy atom. The van der Waals surface area contributed by atoms with Gasteiger partial charge in [0.25, 0.3) is 5.56 Å². The maximum atomic E-state index is 13.2. The van der Waals surface area contributed by atoms with Gasteiger partial charge in [-0.1, -0.05) is 19.9 Å². The first-order chi connectivity index (χ1) is 17.2. The zero-order valence-electron chi connectivity index (χ0n) is 20.2. The van der Waals surface area contributed by atoms with Gasteiger partial charge in [0.15, 0.2) is 17.3 Å². The molecule has 36 heavy (non-hydrogen) atoms. The topological polar surface area (TPSA) is 150 Å². The number of ether oxygens (including phenoxy) is 2. The van der Waals surface area contributed by atoms with Gasteiger partial charge in [0.1, 0.15) is 5.82 Å². The number of amidine groups is 1. The molecular formula is C25H24N6O5. The van der Waals surface area contributed by atoms with Crippen LogP contribution in [0, 0.1) is 11.3 Å². The van der Waals surface area contributed by atoms with Crippen LogP contribution in [0.1, 0.15) is 43.7 Å². The van der Waals surface area contributed by atoms with E-state index in [1.54, 1.807) is 19.2 Å². The van der Waals surface area contributed by atoms with Crippen molar-refractivity contribution in [2.45, 2.75) is 32.6 Å². The van der Waals surface area contributed by atoms with Crippen LogP contribution < -0.4 is 26.0 Å². The van der Waals surface area contributed by atoms with E-state index in [4.69, 9.17) is 14.5 Å². The highest BCUT2D eigenvalue weighted by molar-refractivity contribution is 6.24. The van der Waals surface area contributed by atoms with Crippen LogP contribution >= 0.6 is 0 Å². The molecule has 1 aromatic heterocycles. The second-order valence-electron chi connectivity index (χ2n) is 10.1. The maximum Gasteiger partial charge on any atom is 0.345 e. The number of H-pyrrole nitrogens is 2. The SMILES string of the molecule is COc1ccc(C2C3=C4NC(=O)N=C5CC(C)(C)CC(=NC3=Nc3[nH]c(=O)[nH]c(=O)c32)C54)cc1OC. The Bertz CT molecular complexity index is 1590. The summed E-state index contributed by atoms with van der Waals surface area (Å²) in [6.07, 6.45) is 1.35. The van der Waals surface area contributed by atoms with Gasteiger partial charge in [0.2, 0.25) is 0 Å². The van der Waals surface area contributed by atoms with E-state index in [1.807, 2.05) is 6.07 Å². The molecule has 11 heteroatoms. The fourth-order valence-corrected chi connectivity index (χ4v) is 5.69. The third kappa shape index (κ3) is 3.26. The lowest BCUT2D eigenvalue weighted by Crippen LogP contribution is -2.50. The van der Waals surface area contributed by atoms with E-state index < -0.39 is 23.2 Å². The number of fused-ring (bicyclic) bond motifs is 2. The number of carbonyl (C=O) groups excluding carboxylic acids is 1. The first-order valence-electron chi connectivity index (χ1n) is 11.6. The van der Waals surface area contributed by atoms with E-state index in [0.29, 0.717) is 47.0 Å². The average molecular weight is 489 g/mol. The Morgan fingerprint density at radius 1 is 0.917 bits per heavy atom. The van der Waals surface area contributed by atoms with Crippen molar-refractivity contribution in [3.63, 3.8) is 0 Å². The van der Waals surface area contributed by atoms with Gasteiger partial charge >= 0.3 is 11.7 Å². The second-order valence-corrected chi connectivity index (χ2v) is 10.1. The minimum atomic E-state index is -0.692. The summed E-state index contributed by atoms with van der Waals surface area (Å²) in [6.45, 7) is 4.22. The van der Waals surface area contributed by atoms with Crippen molar-refractivity contribution < 1.29 is 14.3 Å². The summed E-state index contributed by atoms with van der Waals surface area (Å²) < 4.78 is 10.9. The number of benzene rings is 1. The van der Waals surface area contributed by atoms with Crippen LogP contribution in [0.2, 0.25) is 0 Å². The van der Waals surface area contributed by atoms with Crippen LogP contribution in [-0.2, 0) is 0 Å². The summed E-state index contributed by atoms with van der Waals surface area (Å²) in [6, 6.07) is 4.88. The molecule has 0 bridgehead atoms. The Balaban J connectivity index is 1.67. The van der Waals surface area contributed by atoms with Gasteiger partial charge < -0.3 is 14.8 Å². The molecule has 1 aliphatic carbocycles. The van der Waals surface area contributed by atoms with Gasteiger partial charge in [-0.15, -0.1) is 0 Å². The number of carbonyl (C=O) groups is 1. The number of methoxy groups -OCH3 is 2. The molecule has 1 saturated carbocycles. The number of rotatable bonds is 3. The van der Waals surface area contributed by atoms with Crippen LogP contribution in [0.4, 0.5) is 10.6 Å². The van der Waals surface area contributed by atoms with Crippen LogP contribution in [0.25, 0.3) is 0 Å². The highest BCUT2D eigenvalue weighted by Gasteiger charge is 2.48. The van der Waals surface area contributed by atoms with Gasteiger partial charge in [-0.05, 0) is 36.0 Å². The van der Waals surface area contributed by atoms with Crippen LogP contribution in [0.5, 0.6) is 11.5 Å². The molecule has 1 aromatic carbocycles. The number of aromatic nitrogens is 2. The predicted octanol–water partition coefficient (Wildman–Crippen LogP) is 2.57. The lowest BCUT2D eigenvalue weighted by atomic mass is 9.66. The summed E-state index contributed by atoms with van der Waals surface area (Å²) in [5, 5.41) is 2.94. The predicted molar refractivity (Wildman–Crippen MR) is 133 cm³/mol. The molecular weight excluding hydrogens is 464 g/mol. The molecule has 11 nitrogen and oxygen atoms in total. The molecule has 3 aliphatic heterocycles. The van der Waals surface area contributed by atoms with Crippen molar-refractivity contribution in [3.8, 4) is 11.5 Å². The number of amides is 2. The Hall–Kier alpha value is -4.28. The molecule has 4 heterocycles. The summed E-state index contributed by atoms with van der Waals surface area (Å²) in [7, 11) is 3.07. The number of hydrogen-bond acceptors (Lipinski definition) is 7. The highest BCUT2D eigenvalue weighted by Crippen LogP contribution is 2.48. The molecule has 2 amide bonds. The third-order valence-electron chi connectivity index (χ3n) is 7.04. The summed E-state index contributed by atoms with van der Waals surface area (Å²) in [4.78, 5) is 56.8. The number of allylic oxidation sites excluding steroid dienone is 1. The average Bonchev–Trinajstić information content (AvgIpc) is 2.80. The maximum absolute atomic E-state index is 13.2. The lowest BCUT2D eigenvalue weighted by molar-refractivity contribution is 0.249. The molecule has 1 fully saturated rings. The van der Waals surface area contributed by atoms with Crippen molar-refractivity contribution in [2.75, 3.05) is 14.2 Å². The monoisotopic (exact) mass is 488 g/mol. The van der Waals surface area contributed by atoms with Crippen molar-refractivity contribution in [1.82, 2.24) is 15.3 Å². The standard InChI is InChI=1S/C25H24N6O5/c1-25(2)8-11-16-12(9-25)27-23(33)28-19(16)17-15(10-5-6-13(35-3)14(7-10)36-4)18-21(29-20(17)26-11)30-24(34)31-22(18)32/h5-7,15-16H,8-9H2,1-4H3,(H,28,33)(H2,30,31,32,34). The van der Waals surface area contributed by atoms with E-state index in [9.17, 15) is 14.4 Å². The number of hydrogen-bond donors (Lipinski definition) is 3. The fraction of sp³-hybridized carbons (Fsp3) is 0.360. The number of aliphatic imine (C=N–C) groups is 3. The number of dihydropyridines is 1. The van der Waals surface area contributed by atoms with E-state index >= 15 is 0 Å². The summed E-state index contributed by atoms with van der Waals surface area (Å²) in [5.41, 5.74) is 2.41. The number of aromatic amines is 2. The summed E-state index contributed by atoms with van der Waals surface area (Å²) >= 11 is 0. The van der Waals surface area contributed by atoms with Gasteiger partial charge in [-0.25, -0.2) is 24.6 Å². The molecule has 3 N–H and O–H groups in total. The molecule has 6 rings (SSSR count). The smallest absolute Gasteiger partial charge is 0.345 e. The van der Waals surface area contributed by atoms with E-state index in [0.717, 1.165) is 11.4 Å². The van der Waals surface area contributed by atoms with Gasteiger partial charge in [-0.2, -0.15) is 0 Å². The molecule has 184 valence electrons. The molecule has 2 atom stereocenters. The molecule has 2 aromatic rings. The van der Waals surface area contributed by atoms with Crippen molar-refractivity contribution >= 4 is 29.1 Å². The Kier molecular flexibility index (Phi) is 4.69. The minimum absolute atomic E-state index is 0.129. The Labute approximate surface area is 205 Å². The van der Waals surface area contributed by atoms with Gasteiger partial charge in [-0.3, -0.25) is 14.8 Å². The summed E-state index contributed by atoms with van der Waals surface area (Å²) in [5.74, 6) is 0.499. The molecule has 0 saturated heterocycles. The van der Waals surface area contributed by atoms with Gasteiger partial charge in [0.05, 0.1) is 25.7 Å². The first kappa shape index (κ1) is 22.2. The quantitative estimate of drug-likeness (QED) is 0.607. The first-order valence-corrected chi connectivity index (χ1v) is 11.6. The third-order valence-corrected chi connectivity index (χ3v) is 7.04. The normalized spacial score (nSPS) is 23.3. The highest BCUT2D eigenvalue weighted by atomic mass is 16.5. The second kappa shape index (κ2) is 7.61. The van der Waals surface area contributed by atoms with Crippen LogP contribution in [0.3, 0.4) is 0 Å². The van der Waals surface area contributed by atoms with E-state index in [-0.39, 0.29) is 22.7 Å². The van der Waals surface area contributed by atoms with Crippen LogP contribution in [0.15, 0.2) is 54.0 Å². The molecule has 4 aliphatic rings. The largest absolute Gasteiger partial charge is 0.493 e. The van der Waals surface area contributed by atoms with E-state index in [1.165, 1.54) is 7.11 Å².